The zero-order valence-electron chi connectivity index (χ0n) is 7.33. The first-order valence-electron chi connectivity index (χ1n) is 4.05. The van der Waals surface area contributed by atoms with Gasteiger partial charge in [-0.05, 0) is 0 Å². The fourth-order valence-electron chi connectivity index (χ4n) is 1.12. The second kappa shape index (κ2) is 5.13. The van der Waals surface area contributed by atoms with Crippen LogP contribution in [0.25, 0.3) is 0 Å². The molecule has 1 fully saturated rings. The molecule has 0 aromatic heterocycles. The topological polar surface area (TPSA) is 74.3 Å². The molecule has 1 saturated heterocycles. The number of amides is 1. The van der Waals surface area contributed by atoms with E-state index in [1.165, 1.54) is 6.34 Å². The van der Waals surface area contributed by atoms with Crippen molar-refractivity contribution in [1.82, 2.24) is 9.80 Å². The van der Waals surface area contributed by atoms with Crippen molar-refractivity contribution in [3.63, 3.8) is 0 Å². The molecule has 2 N–H and O–H groups in total. The minimum atomic E-state index is 0.745. The van der Waals surface area contributed by atoms with E-state index in [4.69, 9.17) is 5.84 Å². The molecule has 6 nitrogen and oxygen atoms in total. The van der Waals surface area contributed by atoms with Gasteiger partial charge in [0, 0.05) is 26.2 Å². The monoisotopic (exact) mass is 183 g/mol. The Morgan fingerprint density at radius 1 is 1.15 bits per heavy atom. The lowest BCUT2D eigenvalue weighted by molar-refractivity contribution is -0.119. The van der Waals surface area contributed by atoms with Gasteiger partial charge in [-0.3, -0.25) is 4.79 Å². The predicted molar refractivity (Wildman–Crippen MR) is 50.4 cm³/mol. The number of hydrogen-bond acceptors (Lipinski definition) is 3. The third-order valence-corrected chi connectivity index (χ3v) is 1.86. The van der Waals surface area contributed by atoms with Crippen LogP contribution >= 0.6 is 0 Å². The van der Waals surface area contributed by atoms with Crippen LogP contribution in [-0.4, -0.2) is 55.1 Å². The molecule has 1 aliphatic heterocycles. The second-order valence-corrected chi connectivity index (χ2v) is 2.71. The molecule has 0 aromatic rings. The van der Waals surface area contributed by atoms with Gasteiger partial charge < -0.3 is 15.6 Å². The highest BCUT2D eigenvalue weighted by atomic mass is 16.1. The molecule has 72 valence electrons. The summed E-state index contributed by atoms with van der Waals surface area (Å²) in [5.74, 6) is 4.87. The van der Waals surface area contributed by atoms with E-state index in [0.29, 0.717) is 0 Å². The van der Waals surface area contributed by atoms with E-state index in [0.717, 1.165) is 32.6 Å². The predicted octanol–water partition coefficient (Wildman–Crippen LogP) is -1.31. The smallest absolute Gasteiger partial charge is 0.209 e. The Bertz CT molecular complexity index is 207. The number of hydrogen-bond donors (Lipinski definition) is 1. The number of piperazine rings is 1. The molecule has 0 radical (unpaired) electrons. The van der Waals surface area contributed by atoms with Gasteiger partial charge in [-0.1, -0.05) is 0 Å². The summed E-state index contributed by atoms with van der Waals surface area (Å²) in [5, 5.41) is 3.24. The Morgan fingerprint density at radius 3 is 2.31 bits per heavy atom. The van der Waals surface area contributed by atoms with Crippen molar-refractivity contribution in [2.24, 2.45) is 15.9 Å². The summed E-state index contributed by atoms with van der Waals surface area (Å²) < 4.78 is 0. The number of nitrogens with zero attached hydrogens (tertiary/aromatic N) is 4. The Labute approximate surface area is 76.7 Å². The zero-order chi connectivity index (χ0) is 9.52. The number of carbonyl (C=O) groups is 1. The Kier molecular flexibility index (Phi) is 3.74. The molecule has 0 atom stereocenters. The van der Waals surface area contributed by atoms with Crippen LogP contribution in [0.2, 0.25) is 0 Å². The minimum Gasteiger partial charge on any atom is -0.359 e. The second-order valence-electron chi connectivity index (χ2n) is 2.71. The Balaban J connectivity index is 2.28. The Morgan fingerprint density at radius 2 is 1.77 bits per heavy atom. The zero-order valence-corrected chi connectivity index (χ0v) is 7.33. The van der Waals surface area contributed by atoms with E-state index < -0.39 is 0 Å². The van der Waals surface area contributed by atoms with Gasteiger partial charge in [0.15, 0.2) is 0 Å². The molecule has 0 aromatic carbocycles. The number of aliphatic imine (C=N–C) groups is 1. The van der Waals surface area contributed by atoms with Crippen LogP contribution in [-0.2, 0) is 4.79 Å². The molecule has 0 unspecified atom stereocenters. The summed E-state index contributed by atoms with van der Waals surface area (Å²) in [4.78, 5) is 18.0. The van der Waals surface area contributed by atoms with Gasteiger partial charge >= 0.3 is 0 Å². The first-order valence-corrected chi connectivity index (χ1v) is 4.05. The summed E-state index contributed by atoms with van der Waals surface area (Å²) in [6.07, 6.45) is 3.83. The molecule has 13 heavy (non-hydrogen) atoms. The third-order valence-electron chi connectivity index (χ3n) is 1.86. The maximum absolute atomic E-state index is 10.4. The average Bonchev–Trinajstić information content (AvgIpc) is 2.19. The van der Waals surface area contributed by atoms with Crippen molar-refractivity contribution in [1.29, 1.82) is 0 Å². The molecule has 0 saturated carbocycles. The quantitative estimate of drug-likeness (QED) is 0.194. The lowest BCUT2D eigenvalue weighted by Crippen LogP contribution is -2.44. The highest BCUT2D eigenvalue weighted by molar-refractivity contribution is 5.70. The molecule has 0 bridgehead atoms. The van der Waals surface area contributed by atoms with Crippen LogP contribution in [0.3, 0.4) is 0 Å². The summed E-state index contributed by atoms with van der Waals surface area (Å²) in [6, 6.07) is 0. The molecule has 0 aliphatic carbocycles. The first kappa shape index (κ1) is 9.50. The van der Waals surface area contributed by atoms with Gasteiger partial charge in [-0.25, -0.2) is 4.99 Å². The number of carbonyl (C=O) groups excluding carboxylic acids is 1. The van der Waals surface area contributed by atoms with E-state index in [1.807, 2.05) is 4.90 Å². The fourth-order valence-corrected chi connectivity index (χ4v) is 1.12. The van der Waals surface area contributed by atoms with Crippen LogP contribution in [0.5, 0.6) is 0 Å². The van der Waals surface area contributed by atoms with E-state index in [-0.39, 0.29) is 0 Å². The Hall–Kier alpha value is -1.59. The molecular weight excluding hydrogens is 170 g/mol. The van der Waals surface area contributed by atoms with Crippen LogP contribution in [0.4, 0.5) is 0 Å². The molecular formula is C7H13N5O. The van der Waals surface area contributed by atoms with Crippen molar-refractivity contribution < 1.29 is 4.79 Å². The molecule has 1 heterocycles. The van der Waals surface area contributed by atoms with Crippen LogP contribution in [0.1, 0.15) is 0 Å². The van der Waals surface area contributed by atoms with Crippen molar-refractivity contribution in [2.45, 2.75) is 0 Å². The SMILES string of the molecule is NN=CN=CN1CCN(C=O)CC1. The van der Waals surface area contributed by atoms with Gasteiger partial charge in [0.25, 0.3) is 0 Å². The van der Waals surface area contributed by atoms with Crippen molar-refractivity contribution in [2.75, 3.05) is 26.2 Å². The maximum atomic E-state index is 10.4. The molecule has 0 spiro atoms. The van der Waals surface area contributed by atoms with Crippen molar-refractivity contribution in [3.8, 4) is 0 Å². The lowest BCUT2D eigenvalue weighted by Gasteiger charge is -2.30. The molecule has 1 aliphatic rings. The molecule has 6 heteroatoms. The van der Waals surface area contributed by atoms with E-state index in [1.54, 1.807) is 11.2 Å². The van der Waals surface area contributed by atoms with E-state index in [9.17, 15) is 4.79 Å². The maximum Gasteiger partial charge on any atom is 0.209 e. The van der Waals surface area contributed by atoms with E-state index >= 15 is 0 Å². The van der Waals surface area contributed by atoms with Gasteiger partial charge in [-0.2, -0.15) is 5.10 Å². The van der Waals surface area contributed by atoms with Crippen LogP contribution in [0.15, 0.2) is 10.1 Å². The van der Waals surface area contributed by atoms with Gasteiger partial charge in [0.05, 0.1) is 6.34 Å². The molecule has 1 amide bonds. The van der Waals surface area contributed by atoms with Gasteiger partial charge in [-0.15, -0.1) is 0 Å². The number of hydrazone groups is 1. The lowest BCUT2D eigenvalue weighted by atomic mass is 10.3. The first-order chi connectivity index (χ1) is 6.36. The van der Waals surface area contributed by atoms with Gasteiger partial charge in [0.2, 0.25) is 6.41 Å². The number of nitrogens with two attached hydrogens (primary N) is 1. The summed E-state index contributed by atoms with van der Waals surface area (Å²) in [7, 11) is 0. The summed E-state index contributed by atoms with van der Waals surface area (Å²) in [5.41, 5.74) is 0. The fraction of sp³-hybridized carbons (Fsp3) is 0.571. The third kappa shape index (κ3) is 3.10. The normalized spacial score (nSPS) is 18.8. The minimum absolute atomic E-state index is 0.745. The summed E-state index contributed by atoms with van der Waals surface area (Å²) in [6.45, 7) is 3.10. The van der Waals surface area contributed by atoms with Crippen LogP contribution in [0, 0.1) is 0 Å². The number of rotatable bonds is 3. The molecule has 1 rings (SSSR count). The van der Waals surface area contributed by atoms with Gasteiger partial charge in [0.1, 0.15) is 6.34 Å². The highest BCUT2D eigenvalue weighted by Crippen LogP contribution is 1.95. The van der Waals surface area contributed by atoms with E-state index in [2.05, 4.69) is 10.1 Å². The standard InChI is InChI=1S/C7H13N5O/c8-10-5-9-6-11-1-3-12(7-13)4-2-11/h5-7H,1-4,8H2. The highest BCUT2D eigenvalue weighted by Gasteiger charge is 2.11. The summed E-state index contributed by atoms with van der Waals surface area (Å²) >= 11 is 0. The average molecular weight is 183 g/mol. The van der Waals surface area contributed by atoms with Crippen molar-refractivity contribution >= 4 is 19.1 Å². The van der Waals surface area contributed by atoms with Crippen LogP contribution < -0.4 is 5.84 Å². The van der Waals surface area contributed by atoms with Crippen molar-refractivity contribution in [3.05, 3.63) is 0 Å². The largest absolute Gasteiger partial charge is 0.359 e.